The van der Waals surface area contributed by atoms with E-state index in [1.54, 1.807) is 6.07 Å². The first-order valence-corrected chi connectivity index (χ1v) is 4.95. The fourth-order valence-electron chi connectivity index (χ4n) is 1.65. The summed E-state index contributed by atoms with van der Waals surface area (Å²) < 4.78 is 13.5. The van der Waals surface area contributed by atoms with E-state index in [0.717, 1.165) is 4.90 Å². The lowest BCUT2D eigenvalue weighted by Crippen LogP contribution is -2.33. The van der Waals surface area contributed by atoms with Gasteiger partial charge in [0.25, 0.3) is 5.91 Å². The van der Waals surface area contributed by atoms with Crippen LogP contribution in [0.5, 0.6) is 0 Å². The molecule has 17 heavy (non-hydrogen) atoms. The van der Waals surface area contributed by atoms with Crippen molar-refractivity contribution in [2.75, 3.05) is 18.0 Å². The molecule has 0 radical (unpaired) electrons. The van der Waals surface area contributed by atoms with Gasteiger partial charge in [0.2, 0.25) is 0 Å². The molecule has 1 heterocycles. The molecule has 2 rings (SSSR count). The van der Waals surface area contributed by atoms with E-state index in [1.165, 1.54) is 23.1 Å². The van der Waals surface area contributed by atoms with Crippen LogP contribution in [0.4, 0.5) is 14.9 Å². The first-order chi connectivity index (χ1) is 8.15. The van der Waals surface area contributed by atoms with Crippen LogP contribution in [0.3, 0.4) is 0 Å². The van der Waals surface area contributed by atoms with Crippen molar-refractivity contribution in [1.29, 1.82) is 0 Å². The van der Waals surface area contributed by atoms with Gasteiger partial charge in [-0.2, -0.15) is 0 Å². The summed E-state index contributed by atoms with van der Waals surface area (Å²) in [7, 11) is 0. The molecular weight excluding hydrogens is 223 g/mol. The lowest BCUT2D eigenvalue weighted by molar-refractivity contribution is -0.116. The summed E-state index contributed by atoms with van der Waals surface area (Å²) in [6.07, 6.45) is 5.08. The van der Waals surface area contributed by atoms with E-state index in [1.807, 2.05) is 0 Å². The molecule has 0 spiro atoms. The highest BCUT2D eigenvalue weighted by Gasteiger charge is 2.37. The molecule has 1 saturated heterocycles. The summed E-state index contributed by atoms with van der Waals surface area (Å²) in [6.45, 7) is -0.0765. The molecule has 0 aliphatic carbocycles. The molecule has 0 atom stereocenters. The number of carbonyl (C=O) groups is 2. The molecule has 0 saturated carbocycles. The van der Waals surface area contributed by atoms with E-state index in [9.17, 15) is 14.0 Å². The topological polar surface area (TPSA) is 40.6 Å². The molecule has 5 heteroatoms. The first kappa shape index (κ1) is 11.1. The number of anilines is 1. The van der Waals surface area contributed by atoms with Gasteiger partial charge in [-0.25, -0.2) is 14.1 Å². The van der Waals surface area contributed by atoms with Gasteiger partial charge in [-0.1, -0.05) is 18.1 Å². The Balaban J connectivity index is 2.35. The third kappa shape index (κ3) is 1.85. The number of rotatable bonds is 2. The minimum absolute atomic E-state index is 0.0372. The molecule has 0 N–H and O–H groups in total. The molecule has 1 fully saturated rings. The Labute approximate surface area is 97.6 Å². The number of hydrogen-bond donors (Lipinski definition) is 0. The van der Waals surface area contributed by atoms with Gasteiger partial charge < -0.3 is 4.90 Å². The summed E-state index contributed by atoms with van der Waals surface area (Å²) in [5, 5.41) is 0. The zero-order chi connectivity index (χ0) is 12.4. The number of carbonyl (C=O) groups excluding carboxylic acids is 2. The molecule has 0 unspecified atom stereocenters. The molecule has 4 nitrogen and oxygen atoms in total. The predicted octanol–water partition coefficient (Wildman–Crippen LogP) is 1.23. The minimum atomic E-state index is -0.614. The third-order valence-corrected chi connectivity index (χ3v) is 2.41. The molecular formula is C12H9FN2O2. The number of nitrogens with zero attached hydrogens (tertiary/aromatic N) is 2. The summed E-state index contributed by atoms with van der Waals surface area (Å²) in [5.74, 6) is 1.19. The molecule has 86 valence electrons. The number of para-hydroxylation sites is 1. The first-order valence-electron chi connectivity index (χ1n) is 4.95. The van der Waals surface area contributed by atoms with Crippen molar-refractivity contribution < 1.29 is 14.0 Å². The summed E-state index contributed by atoms with van der Waals surface area (Å²) in [6, 6.07) is 5.04. The van der Waals surface area contributed by atoms with E-state index < -0.39 is 17.8 Å². The van der Waals surface area contributed by atoms with Gasteiger partial charge in [-0.3, -0.25) is 4.79 Å². The van der Waals surface area contributed by atoms with E-state index in [4.69, 9.17) is 6.42 Å². The number of halogens is 1. The van der Waals surface area contributed by atoms with Crippen LogP contribution in [0.2, 0.25) is 0 Å². The zero-order valence-corrected chi connectivity index (χ0v) is 8.89. The summed E-state index contributed by atoms with van der Waals surface area (Å²) in [4.78, 5) is 25.5. The van der Waals surface area contributed by atoms with Crippen LogP contribution in [-0.2, 0) is 4.79 Å². The highest BCUT2D eigenvalue weighted by Crippen LogP contribution is 2.23. The van der Waals surface area contributed by atoms with Crippen molar-refractivity contribution >= 4 is 17.6 Å². The zero-order valence-electron chi connectivity index (χ0n) is 8.89. The van der Waals surface area contributed by atoms with E-state index in [-0.39, 0.29) is 18.8 Å². The maximum absolute atomic E-state index is 13.5. The van der Waals surface area contributed by atoms with E-state index in [2.05, 4.69) is 5.92 Å². The molecule has 1 aromatic rings. The monoisotopic (exact) mass is 232 g/mol. The van der Waals surface area contributed by atoms with Crippen molar-refractivity contribution in [3.8, 4) is 12.3 Å². The highest BCUT2D eigenvalue weighted by atomic mass is 19.1. The number of imide groups is 1. The van der Waals surface area contributed by atoms with Gasteiger partial charge >= 0.3 is 6.03 Å². The molecule has 1 aliphatic rings. The second-order valence-corrected chi connectivity index (χ2v) is 3.52. The van der Waals surface area contributed by atoms with Gasteiger partial charge in [-0.05, 0) is 12.1 Å². The SMILES string of the molecule is C#CCN1CC(=O)N(c2ccccc2F)C1=O. The van der Waals surface area contributed by atoms with Crippen molar-refractivity contribution in [3.05, 3.63) is 30.1 Å². The Hall–Kier alpha value is -2.35. The van der Waals surface area contributed by atoms with E-state index in [0.29, 0.717) is 0 Å². The Morgan fingerprint density at radius 2 is 2.06 bits per heavy atom. The van der Waals surface area contributed by atoms with Crippen LogP contribution in [-0.4, -0.2) is 29.9 Å². The Morgan fingerprint density at radius 1 is 1.35 bits per heavy atom. The molecule has 0 bridgehead atoms. The largest absolute Gasteiger partial charge is 0.332 e. The van der Waals surface area contributed by atoms with Gasteiger partial charge in [0, 0.05) is 0 Å². The summed E-state index contributed by atoms with van der Waals surface area (Å²) in [5.41, 5.74) is -0.0398. The van der Waals surface area contributed by atoms with Crippen LogP contribution in [0.15, 0.2) is 24.3 Å². The van der Waals surface area contributed by atoms with Crippen molar-refractivity contribution in [2.24, 2.45) is 0 Å². The van der Waals surface area contributed by atoms with Crippen molar-refractivity contribution in [2.45, 2.75) is 0 Å². The van der Waals surface area contributed by atoms with Crippen LogP contribution in [0.1, 0.15) is 0 Å². The maximum atomic E-state index is 13.5. The Kier molecular flexibility index (Phi) is 2.79. The Morgan fingerprint density at radius 3 is 2.71 bits per heavy atom. The fourth-order valence-corrected chi connectivity index (χ4v) is 1.65. The Bertz CT molecular complexity index is 521. The smallest absolute Gasteiger partial charge is 0.303 e. The highest BCUT2D eigenvalue weighted by molar-refractivity contribution is 6.19. The van der Waals surface area contributed by atoms with Gasteiger partial charge in [0.15, 0.2) is 0 Å². The second-order valence-electron chi connectivity index (χ2n) is 3.52. The summed E-state index contributed by atoms with van der Waals surface area (Å²) >= 11 is 0. The van der Waals surface area contributed by atoms with Crippen LogP contribution < -0.4 is 4.90 Å². The quantitative estimate of drug-likeness (QED) is 0.568. The minimum Gasteiger partial charge on any atom is -0.303 e. The molecule has 1 aliphatic heterocycles. The number of terminal acetylenes is 1. The van der Waals surface area contributed by atoms with Crippen molar-refractivity contribution in [1.82, 2.24) is 4.90 Å². The predicted molar refractivity (Wildman–Crippen MR) is 59.7 cm³/mol. The van der Waals surface area contributed by atoms with Gasteiger partial charge in [-0.15, -0.1) is 6.42 Å². The number of benzene rings is 1. The lowest BCUT2D eigenvalue weighted by Gasteiger charge is -2.15. The average Bonchev–Trinajstić information content (AvgIpc) is 2.57. The van der Waals surface area contributed by atoms with Crippen LogP contribution in [0.25, 0.3) is 0 Å². The molecule has 0 aromatic heterocycles. The number of urea groups is 1. The average molecular weight is 232 g/mol. The van der Waals surface area contributed by atoms with Gasteiger partial charge in [0.05, 0.1) is 12.2 Å². The van der Waals surface area contributed by atoms with Crippen LogP contribution in [0, 0.1) is 18.2 Å². The molecule has 3 amide bonds. The van der Waals surface area contributed by atoms with Crippen molar-refractivity contribution in [3.63, 3.8) is 0 Å². The van der Waals surface area contributed by atoms with E-state index >= 15 is 0 Å². The normalized spacial score (nSPS) is 15.3. The lowest BCUT2D eigenvalue weighted by atomic mass is 10.3. The standard InChI is InChI=1S/C12H9FN2O2/c1-2-7-14-8-11(16)15(12(14)17)10-6-4-3-5-9(10)13/h1,3-6H,7-8H2. The third-order valence-electron chi connectivity index (χ3n) is 2.41. The molecule has 1 aromatic carbocycles. The second kappa shape index (κ2) is 4.26. The fraction of sp³-hybridized carbons (Fsp3) is 0.167. The van der Waals surface area contributed by atoms with Crippen LogP contribution >= 0.6 is 0 Å². The number of amides is 3. The van der Waals surface area contributed by atoms with Gasteiger partial charge in [0.1, 0.15) is 12.4 Å². The maximum Gasteiger partial charge on any atom is 0.332 e. The number of hydrogen-bond acceptors (Lipinski definition) is 2.